The van der Waals surface area contributed by atoms with Crippen molar-refractivity contribution in [2.75, 3.05) is 18.4 Å². The lowest BCUT2D eigenvalue weighted by molar-refractivity contribution is -0.121. The average molecular weight is 405 g/mol. The first kappa shape index (κ1) is 19.6. The number of nitrogens with zero attached hydrogens (tertiary/aromatic N) is 5. The molecule has 2 N–H and O–H groups in total. The maximum Gasteiger partial charge on any atom is 0.254 e. The van der Waals surface area contributed by atoms with Crippen molar-refractivity contribution in [1.29, 1.82) is 0 Å². The van der Waals surface area contributed by atoms with Crippen LogP contribution < -0.4 is 10.6 Å². The van der Waals surface area contributed by atoms with Crippen LogP contribution in [-0.4, -0.2) is 43.6 Å². The van der Waals surface area contributed by atoms with E-state index < -0.39 is 0 Å². The van der Waals surface area contributed by atoms with Gasteiger partial charge in [-0.25, -0.2) is 9.97 Å². The van der Waals surface area contributed by atoms with Crippen LogP contribution in [0.1, 0.15) is 23.6 Å². The molecule has 1 amide bonds. The van der Waals surface area contributed by atoms with Gasteiger partial charge in [0.1, 0.15) is 12.1 Å². The van der Waals surface area contributed by atoms with E-state index in [4.69, 9.17) is 4.42 Å². The molecule has 0 aliphatic rings. The average Bonchev–Trinajstić information content (AvgIpc) is 3.39. The topological polar surface area (TPSA) is 110 Å². The fourth-order valence-electron chi connectivity index (χ4n) is 3.03. The summed E-state index contributed by atoms with van der Waals surface area (Å²) in [6.07, 6.45) is 3.93. The molecular weight excluding hydrogens is 382 g/mol. The van der Waals surface area contributed by atoms with Crippen LogP contribution in [0.5, 0.6) is 0 Å². The Balaban J connectivity index is 1.22. The molecule has 0 aliphatic heterocycles. The van der Waals surface area contributed by atoms with Crippen LogP contribution in [0.4, 0.5) is 5.82 Å². The summed E-state index contributed by atoms with van der Waals surface area (Å²) in [5.74, 6) is 2.54. The molecule has 0 atom stereocenters. The van der Waals surface area contributed by atoms with Gasteiger partial charge in [0.25, 0.3) is 5.78 Å². The van der Waals surface area contributed by atoms with E-state index in [1.807, 2.05) is 44.2 Å². The van der Waals surface area contributed by atoms with E-state index in [0.29, 0.717) is 43.4 Å². The highest BCUT2D eigenvalue weighted by Crippen LogP contribution is 2.21. The third kappa shape index (κ3) is 4.62. The minimum Gasteiger partial charge on any atom is -0.441 e. The fraction of sp³-hybridized carbons (Fsp3) is 0.286. The lowest BCUT2D eigenvalue weighted by Crippen LogP contribution is -2.29. The number of carbonyl (C=O) groups excluding carboxylic acids is 1. The number of anilines is 1. The second-order valence-corrected chi connectivity index (χ2v) is 7.02. The second kappa shape index (κ2) is 8.73. The lowest BCUT2D eigenvalue weighted by Gasteiger charge is -2.09. The van der Waals surface area contributed by atoms with Gasteiger partial charge in [-0.2, -0.15) is 14.6 Å². The first-order valence-corrected chi connectivity index (χ1v) is 9.78. The molecule has 0 saturated heterocycles. The summed E-state index contributed by atoms with van der Waals surface area (Å²) < 4.78 is 7.39. The lowest BCUT2D eigenvalue weighted by atomic mass is 10.1. The third-order valence-electron chi connectivity index (χ3n) is 4.59. The zero-order valence-corrected chi connectivity index (χ0v) is 16.9. The van der Waals surface area contributed by atoms with Crippen LogP contribution >= 0.6 is 0 Å². The van der Waals surface area contributed by atoms with Crippen molar-refractivity contribution in [1.82, 2.24) is 29.9 Å². The summed E-state index contributed by atoms with van der Waals surface area (Å²) in [6.45, 7) is 4.98. The van der Waals surface area contributed by atoms with Crippen LogP contribution in [-0.2, 0) is 11.2 Å². The molecule has 3 heterocycles. The molecule has 0 radical (unpaired) electrons. The smallest absolute Gasteiger partial charge is 0.254 e. The zero-order chi connectivity index (χ0) is 20.9. The Morgan fingerprint density at radius 3 is 2.80 bits per heavy atom. The number of carbonyl (C=O) groups is 1. The number of aryl methyl sites for hydroxylation is 3. The summed E-state index contributed by atoms with van der Waals surface area (Å²) >= 11 is 0. The van der Waals surface area contributed by atoms with Crippen molar-refractivity contribution in [2.24, 2.45) is 0 Å². The summed E-state index contributed by atoms with van der Waals surface area (Å²) in [7, 11) is 0. The Morgan fingerprint density at radius 1 is 1.13 bits per heavy atom. The second-order valence-electron chi connectivity index (χ2n) is 7.02. The molecule has 0 spiro atoms. The van der Waals surface area contributed by atoms with Gasteiger partial charge in [-0.3, -0.25) is 4.79 Å². The van der Waals surface area contributed by atoms with Gasteiger partial charge in [0.05, 0.1) is 6.20 Å². The van der Waals surface area contributed by atoms with Gasteiger partial charge in [0, 0.05) is 43.3 Å². The van der Waals surface area contributed by atoms with Gasteiger partial charge in [-0.15, -0.1) is 0 Å². The van der Waals surface area contributed by atoms with Crippen molar-refractivity contribution >= 4 is 17.5 Å². The third-order valence-corrected chi connectivity index (χ3v) is 4.59. The van der Waals surface area contributed by atoms with E-state index in [1.54, 1.807) is 10.7 Å². The van der Waals surface area contributed by atoms with E-state index in [-0.39, 0.29) is 5.91 Å². The normalized spacial score (nSPS) is 11.0. The molecule has 9 heteroatoms. The molecule has 4 aromatic rings. The number of hydrogen-bond acceptors (Lipinski definition) is 7. The molecule has 0 fully saturated rings. The Labute approximate surface area is 173 Å². The summed E-state index contributed by atoms with van der Waals surface area (Å²) in [5, 5.41) is 10.3. The van der Waals surface area contributed by atoms with Crippen molar-refractivity contribution < 1.29 is 9.21 Å². The summed E-state index contributed by atoms with van der Waals surface area (Å²) in [4.78, 5) is 24.8. The summed E-state index contributed by atoms with van der Waals surface area (Å²) in [6, 6.07) is 9.94. The Morgan fingerprint density at radius 2 is 1.97 bits per heavy atom. The highest BCUT2D eigenvalue weighted by Gasteiger charge is 2.09. The van der Waals surface area contributed by atoms with E-state index in [0.717, 1.165) is 17.1 Å². The predicted octanol–water partition coefficient (Wildman–Crippen LogP) is 2.56. The molecule has 30 heavy (non-hydrogen) atoms. The minimum absolute atomic E-state index is 0.0521. The van der Waals surface area contributed by atoms with Gasteiger partial charge < -0.3 is 15.1 Å². The maximum atomic E-state index is 12.1. The molecule has 3 aromatic heterocycles. The van der Waals surface area contributed by atoms with E-state index in [2.05, 4.69) is 30.7 Å². The number of aromatic nitrogens is 5. The molecule has 0 saturated carbocycles. The standard InChI is InChI=1S/C21H23N7O2/c1-14-3-5-16(6-4-14)17-12-24-20(30-17)8-7-19(29)23-10-9-22-18-11-15(2)27-21-25-13-26-28(18)21/h3-6,11-13,22H,7-10H2,1-2H3,(H,23,29). The fourth-order valence-corrected chi connectivity index (χ4v) is 3.03. The van der Waals surface area contributed by atoms with Crippen molar-refractivity contribution in [2.45, 2.75) is 26.7 Å². The highest BCUT2D eigenvalue weighted by molar-refractivity contribution is 5.76. The zero-order valence-electron chi connectivity index (χ0n) is 16.9. The molecule has 4 rings (SSSR count). The van der Waals surface area contributed by atoms with Crippen LogP contribution in [0.2, 0.25) is 0 Å². The van der Waals surface area contributed by atoms with Crippen LogP contribution in [0.3, 0.4) is 0 Å². The molecule has 0 bridgehead atoms. The van der Waals surface area contributed by atoms with Gasteiger partial charge in [-0.1, -0.05) is 29.8 Å². The first-order valence-electron chi connectivity index (χ1n) is 9.78. The van der Waals surface area contributed by atoms with Crippen LogP contribution in [0.15, 0.2) is 47.3 Å². The maximum absolute atomic E-state index is 12.1. The van der Waals surface area contributed by atoms with Crippen molar-refractivity contribution in [3.63, 3.8) is 0 Å². The Hall–Kier alpha value is -3.75. The van der Waals surface area contributed by atoms with Crippen molar-refractivity contribution in [3.8, 4) is 11.3 Å². The number of fused-ring (bicyclic) bond motifs is 1. The molecule has 1 aromatic carbocycles. The molecule has 0 unspecified atom stereocenters. The molecule has 9 nitrogen and oxygen atoms in total. The summed E-state index contributed by atoms with van der Waals surface area (Å²) in [5.41, 5.74) is 3.01. The molecule has 154 valence electrons. The number of hydrogen-bond donors (Lipinski definition) is 2. The van der Waals surface area contributed by atoms with E-state index in [9.17, 15) is 4.79 Å². The SMILES string of the molecule is Cc1ccc(-c2cnc(CCC(=O)NCCNc3cc(C)nc4ncnn34)o2)cc1. The minimum atomic E-state index is -0.0521. The van der Waals surface area contributed by atoms with Crippen molar-refractivity contribution in [3.05, 3.63) is 60.0 Å². The highest BCUT2D eigenvalue weighted by atomic mass is 16.4. The molecule has 0 aliphatic carbocycles. The Bertz CT molecular complexity index is 1150. The number of rotatable bonds is 8. The number of nitrogens with one attached hydrogen (secondary N) is 2. The predicted molar refractivity (Wildman–Crippen MR) is 112 cm³/mol. The van der Waals surface area contributed by atoms with Crippen LogP contribution in [0, 0.1) is 13.8 Å². The quantitative estimate of drug-likeness (QED) is 0.434. The monoisotopic (exact) mass is 405 g/mol. The van der Waals surface area contributed by atoms with Gasteiger partial charge >= 0.3 is 0 Å². The van der Waals surface area contributed by atoms with Gasteiger partial charge in [0.2, 0.25) is 5.91 Å². The Kier molecular flexibility index (Phi) is 5.69. The van der Waals surface area contributed by atoms with Gasteiger partial charge in [-0.05, 0) is 13.8 Å². The number of benzene rings is 1. The molecular formula is C21H23N7O2. The van der Waals surface area contributed by atoms with E-state index in [1.165, 1.54) is 11.9 Å². The first-order chi connectivity index (χ1) is 14.6. The number of amides is 1. The largest absolute Gasteiger partial charge is 0.441 e. The van der Waals surface area contributed by atoms with Crippen LogP contribution in [0.25, 0.3) is 17.1 Å². The van der Waals surface area contributed by atoms with Gasteiger partial charge in [0.15, 0.2) is 11.7 Å². The number of oxazole rings is 1. The van der Waals surface area contributed by atoms with E-state index >= 15 is 0 Å².